The number of sulfonamides is 1. The van der Waals surface area contributed by atoms with E-state index in [0.717, 1.165) is 15.4 Å². The maximum absolute atomic E-state index is 12.6. The molecular weight excluding hydrogens is 400 g/mol. The van der Waals surface area contributed by atoms with Crippen LogP contribution in [0, 0.1) is 0 Å². The Balaban J connectivity index is 0.00000192. The molecule has 1 N–H and O–H groups in total. The Hall–Kier alpha value is -1.47. The van der Waals surface area contributed by atoms with E-state index in [1.807, 2.05) is 24.3 Å². The zero-order valence-electron chi connectivity index (χ0n) is 11.9. The van der Waals surface area contributed by atoms with Gasteiger partial charge in [0, 0.05) is 28.8 Å². The monoisotopic (exact) mass is 412 g/mol. The second-order valence-corrected chi connectivity index (χ2v) is 7.37. The van der Waals surface area contributed by atoms with Crippen molar-refractivity contribution in [3.63, 3.8) is 0 Å². The first-order chi connectivity index (χ1) is 10.6. The molecule has 0 aliphatic rings. The topological polar surface area (TPSA) is 59.1 Å². The average Bonchev–Trinajstić information content (AvgIpc) is 2.54. The molecule has 0 unspecified atom stereocenters. The van der Waals surface area contributed by atoms with Crippen LogP contribution in [0.15, 0.2) is 70.3 Å². The van der Waals surface area contributed by atoms with Gasteiger partial charge in [-0.05, 0) is 29.1 Å². The van der Waals surface area contributed by atoms with Crippen LogP contribution in [0.2, 0.25) is 0 Å². The molecule has 0 radical (unpaired) electrons. The molecule has 1 heterocycles. The van der Waals surface area contributed by atoms with E-state index in [1.54, 1.807) is 36.7 Å². The maximum Gasteiger partial charge on any atom is 0.241 e. The molecule has 120 valence electrons. The lowest BCUT2D eigenvalue weighted by Crippen LogP contribution is -2.23. The molecule has 23 heavy (non-hydrogen) atoms. The van der Waals surface area contributed by atoms with E-state index in [2.05, 4.69) is 25.6 Å². The van der Waals surface area contributed by atoms with Crippen molar-refractivity contribution < 1.29 is 8.42 Å². The molecule has 1 aromatic heterocycles. The summed E-state index contributed by atoms with van der Waals surface area (Å²) in [5.74, 6) is 0. The number of hydrogen-bond acceptors (Lipinski definition) is 3. The van der Waals surface area contributed by atoms with Crippen LogP contribution in [-0.4, -0.2) is 13.4 Å². The molecule has 0 fully saturated rings. The van der Waals surface area contributed by atoms with E-state index in [0.29, 0.717) is 5.39 Å². The summed E-state index contributed by atoms with van der Waals surface area (Å²) in [6.45, 7) is 0.209. The molecule has 0 spiro atoms. The number of halogens is 2. The van der Waals surface area contributed by atoms with Gasteiger partial charge in [-0.2, -0.15) is 0 Å². The lowest BCUT2D eigenvalue weighted by Gasteiger charge is -2.10. The van der Waals surface area contributed by atoms with E-state index < -0.39 is 10.0 Å². The van der Waals surface area contributed by atoms with Crippen LogP contribution in [0.3, 0.4) is 0 Å². The zero-order valence-corrected chi connectivity index (χ0v) is 15.2. The first kappa shape index (κ1) is 17.9. The number of fused-ring (bicyclic) bond motifs is 1. The van der Waals surface area contributed by atoms with Crippen LogP contribution < -0.4 is 4.72 Å². The third kappa shape index (κ3) is 3.90. The summed E-state index contributed by atoms with van der Waals surface area (Å²) in [4.78, 5) is 4.25. The van der Waals surface area contributed by atoms with Crippen LogP contribution >= 0.6 is 28.3 Å². The van der Waals surface area contributed by atoms with Crippen molar-refractivity contribution in [2.24, 2.45) is 0 Å². The van der Waals surface area contributed by atoms with Crippen molar-refractivity contribution in [1.29, 1.82) is 0 Å². The van der Waals surface area contributed by atoms with Gasteiger partial charge >= 0.3 is 0 Å². The molecule has 3 rings (SSSR count). The lowest BCUT2D eigenvalue weighted by atomic mass is 10.1. The molecular formula is C16H14BrClN2O2S. The van der Waals surface area contributed by atoms with E-state index in [1.165, 1.54) is 0 Å². The highest BCUT2D eigenvalue weighted by Crippen LogP contribution is 2.29. The molecule has 4 nitrogen and oxygen atoms in total. The summed E-state index contributed by atoms with van der Waals surface area (Å²) >= 11 is 3.45. The summed E-state index contributed by atoms with van der Waals surface area (Å²) in [6.07, 6.45) is 3.29. The van der Waals surface area contributed by atoms with Gasteiger partial charge in [0.15, 0.2) is 0 Å². The van der Waals surface area contributed by atoms with Crippen molar-refractivity contribution in [3.8, 4) is 0 Å². The van der Waals surface area contributed by atoms with Gasteiger partial charge in [-0.15, -0.1) is 12.4 Å². The Morgan fingerprint density at radius 2 is 1.74 bits per heavy atom. The predicted octanol–water partition coefficient (Wildman–Crippen LogP) is 3.90. The zero-order chi connectivity index (χ0) is 15.6. The molecule has 0 bridgehead atoms. The Kier molecular flexibility index (Phi) is 5.75. The van der Waals surface area contributed by atoms with E-state index >= 15 is 0 Å². The van der Waals surface area contributed by atoms with Gasteiger partial charge in [0.2, 0.25) is 10.0 Å². The molecule has 7 heteroatoms. The van der Waals surface area contributed by atoms with E-state index in [4.69, 9.17) is 0 Å². The third-order valence-corrected chi connectivity index (χ3v) is 5.46. The van der Waals surface area contributed by atoms with Crippen molar-refractivity contribution in [2.45, 2.75) is 11.4 Å². The van der Waals surface area contributed by atoms with Gasteiger partial charge in [-0.3, -0.25) is 4.98 Å². The number of nitrogens with one attached hydrogen (secondary N) is 1. The molecule has 3 aromatic rings. The fourth-order valence-corrected chi connectivity index (χ4v) is 3.93. The predicted molar refractivity (Wildman–Crippen MR) is 97.2 cm³/mol. The van der Waals surface area contributed by atoms with Crippen LogP contribution in [0.25, 0.3) is 10.8 Å². The highest BCUT2D eigenvalue weighted by atomic mass is 79.9. The van der Waals surface area contributed by atoms with Gasteiger partial charge in [0.1, 0.15) is 0 Å². The molecule has 0 aliphatic carbocycles. The molecule has 0 saturated heterocycles. The Bertz CT molecular complexity index is 918. The van der Waals surface area contributed by atoms with Gasteiger partial charge in [-0.1, -0.05) is 46.3 Å². The lowest BCUT2D eigenvalue weighted by molar-refractivity contribution is 0.582. The quantitative estimate of drug-likeness (QED) is 0.706. The molecule has 0 amide bonds. The fraction of sp³-hybridized carbons (Fsp3) is 0.0625. The highest BCUT2D eigenvalue weighted by Gasteiger charge is 2.17. The second-order valence-electron chi connectivity index (χ2n) is 4.78. The summed E-state index contributed by atoms with van der Waals surface area (Å²) in [5.41, 5.74) is 0.812. The number of nitrogens with zero attached hydrogens (tertiary/aromatic N) is 1. The van der Waals surface area contributed by atoms with Crippen molar-refractivity contribution >= 4 is 49.1 Å². The Morgan fingerprint density at radius 1 is 1.00 bits per heavy atom. The molecule has 2 aromatic carbocycles. The van der Waals surface area contributed by atoms with Crippen molar-refractivity contribution in [2.75, 3.05) is 0 Å². The maximum atomic E-state index is 12.6. The number of hydrogen-bond donors (Lipinski definition) is 1. The van der Waals surface area contributed by atoms with E-state index in [9.17, 15) is 8.42 Å². The van der Waals surface area contributed by atoms with Gasteiger partial charge < -0.3 is 0 Å². The second kappa shape index (κ2) is 7.40. The minimum Gasteiger partial charge on any atom is -0.264 e. The standard InChI is InChI=1S/C16H13BrN2O2S.ClH/c17-15-7-8-16(14-6-2-1-5-13(14)15)22(20,21)19-11-12-4-3-9-18-10-12;/h1-10,19H,11H2;1H. The average molecular weight is 414 g/mol. The van der Waals surface area contributed by atoms with Crippen LogP contribution in [0.1, 0.15) is 5.56 Å². The van der Waals surface area contributed by atoms with Gasteiger partial charge in [-0.25, -0.2) is 13.1 Å². The summed E-state index contributed by atoms with van der Waals surface area (Å²) < 4.78 is 28.7. The fourth-order valence-electron chi connectivity index (χ4n) is 2.23. The third-order valence-electron chi connectivity index (χ3n) is 3.31. The van der Waals surface area contributed by atoms with Gasteiger partial charge in [0.05, 0.1) is 4.90 Å². The highest BCUT2D eigenvalue weighted by molar-refractivity contribution is 9.10. The Labute approximate surface area is 149 Å². The van der Waals surface area contributed by atoms with E-state index in [-0.39, 0.29) is 23.8 Å². The van der Waals surface area contributed by atoms with Crippen molar-refractivity contribution in [1.82, 2.24) is 9.71 Å². The molecule has 0 saturated carbocycles. The van der Waals surface area contributed by atoms with Crippen LogP contribution in [0.4, 0.5) is 0 Å². The summed E-state index contributed by atoms with van der Waals surface area (Å²) in [7, 11) is -3.60. The first-order valence-electron chi connectivity index (χ1n) is 6.64. The minimum atomic E-state index is -3.60. The van der Waals surface area contributed by atoms with Crippen LogP contribution in [-0.2, 0) is 16.6 Å². The van der Waals surface area contributed by atoms with Crippen molar-refractivity contribution in [3.05, 3.63) is 71.0 Å². The molecule has 0 aliphatic heterocycles. The first-order valence-corrected chi connectivity index (χ1v) is 8.91. The summed E-state index contributed by atoms with van der Waals surface area (Å²) in [5, 5.41) is 1.56. The largest absolute Gasteiger partial charge is 0.264 e. The SMILES string of the molecule is Cl.O=S(=O)(NCc1cccnc1)c1ccc(Br)c2ccccc12. The number of aromatic nitrogens is 1. The van der Waals surface area contributed by atoms with Gasteiger partial charge in [0.25, 0.3) is 0 Å². The number of benzene rings is 2. The smallest absolute Gasteiger partial charge is 0.241 e. The number of pyridine rings is 1. The minimum absolute atomic E-state index is 0. The normalized spacial score (nSPS) is 11.2. The number of rotatable bonds is 4. The Morgan fingerprint density at radius 3 is 2.43 bits per heavy atom. The summed E-state index contributed by atoms with van der Waals surface area (Å²) in [6, 6.07) is 14.4. The molecule has 0 atom stereocenters. The van der Waals surface area contributed by atoms with Crippen LogP contribution in [0.5, 0.6) is 0 Å².